The lowest BCUT2D eigenvalue weighted by atomic mass is 10.1. The van der Waals surface area contributed by atoms with Crippen molar-refractivity contribution in [2.45, 2.75) is 13.0 Å². The first-order chi connectivity index (χ1) is 8.65. The first-order valence-corrected chi connectivity index (χ1v) is 6.79. The van der Waals surface area contributed by atoms with Gasteiger partial charge in [0.05, 0.1) is 10.7 Å². The third-order valence-electron chi connectivity index (χ3n) is 2.46. The number of rotatable bonds is 7. The Hall–Kier alpha value is -1.51. The van der Waals surface area contributed by atoms with Gasteiger partial charge in [0.25, 0.3) is 5.69 Å². The van der Waals surface area contributed by atoms with E-state index in [1.165, 1.54) is 6.07 Å². The fourth-order valence-corrected chi connectivity index (χ4v) is 2.03. The van der Waals surface area contributed by atoms with Crippen LogP contribution < -0.4 is 5.32 Å². The fourth-order valence-electron chi connectivity index (χ4n) is 1.50. The molecule has 1 atom stereocenters. The maximum absolute atomic E-state index is 10.7. The maximum atomic E-state index is 10.7. The number of nitrogens with zero attached hydrogens (tertiary/aromatic N) is 1. The second-order valence-corrected chi connectivity index (χ2v) is 4.89. The van der Waals surface area contributed by atoms with Crippen LogP contribution in [0.1, 0.15) is 18.5 Å². The molecule has 0 fully saturated rings. The highest BCUT2D eigenvalue weighted by Crippen LogP contribution is 2.18. The molecule has 0 aromatic heterocycles. The van der Waals surface area contributed by atoms with Crippen molar-refractivity contribution in [1.29, 1.82) is 0 Å². The summed E-state index contributed by atoms with van der Waals surface area (Å²) < 4.78 is 0. The first-order valence-electron chi connectivity index (χ1n) is 5.64. The van der Waals surface area contributed by atoms with E-state index < -0.39 is 0 Å². The molecule has 0 amide bonds. The number of thioether (sulfide) groups is 1. The largest absolute Gasteiger partial charge is 0.309 e. The zero-order chi connectivity index (χ0) is 13.4. The van der Waals surface area contributed by atoms with Gasteiger partial charge >= 0.3 is 0 Å². The third kappa shape index (κ3) is 4.78. The molecule has 1 unspecified atom stereocenters. The normalized spacial score (nSPS) is 11.8. The molecule has 18 heavy (non-hydrogen) atoms. The summed E-state index contributed by atoms with van der Waals surface area (Å²) in [5.74, 6) is 4.22. The van der Waals surface area contributed by atoms with Gasteiger partial charge in [0.15, 0.2) is 0 Å². The minimum atomic E-state index is -0.376. The lowest BCUT2D eigenvalue weighted by Crippen LogP contribution is -2.21. The molecule has 4 nitrogen and oxygen atoms in total. The van der Waals surface area contributed by atoms with Crippen LogP contribution in [0.4, 0.5) is 5.69 Å². The van der Waals surface area contributed by atoms with Gasteiger partial charge in [-0.1, -0.05) is 18.1 Å². The monoisotopic (exact) mass is 264 g/mol. The number of non-ortho nitro benzene ring substituents is 1. The summed E-state index contributed by atoms with van der Waals surface area (Å²) in [6.07, 6.45) is 5.15. The summed E-state index contributed by atoms with van der Waals surface area (Å²) in [5.41, 5.74) is 1.05. The molecule has 1 aromatic rings. The van der Waals surface area contributed by atoms with Crippen molar-refractivity contribution in [2.75, 3.05) is 18.1 Å². The highest BCUT2D eigenvalue weighted by Gasteiger charge is 2.09. The Morgan fingerprint density at radius 2 is 2.39 bits per heavy atom. The van der Waals surface area contributed by atoms with E-state index in [4.69, 9.17) is 6.42 Å². The van der Waals surface area contributed by atoms with Crippen molar-refractivity contribution in [3.63, 3.8) is 0 Å². The van der Waals surface area contributed by atoms with Gasteiger partial charge in [-0.15, -0.1) is 18.2 Å². The van der Waals surface area contributed by atoms with Crippen molar-refractivity contribution in [2.24, 2.45) is 0 Å². The lowest BCUT2D eigenvalue weighted by Gasteiger charge is -2.13. The minimum Gasteiger partial charge on any atom is -0.309 e. The van der Waals surface area contributed by atoms with Gasteiger partial charge in [-0.2, -0.15) is 0 Å². The van der Waals surface area contributed by atoms with Crippen molar-refractivity contribution in [3.05, 3.63) is 39.9 Å². The third-order valence-corrected chi connectivity index (χ3v) is 3.33. The van der Waals surface area contributed by atoms with Gasteiger partial charge < -0.3 is 5.32 Å². The van der Waals surface area contributed by atoms with Crippen LogP contribution in [0.25, 0.3) is 0 Å². The zero-order valence-electron chi connectivity index (χ0n) is 10.3. The predicted molar refractivity (Wildman–Crippen MR) is 75.7 cm³/mol. The summed E-state index contributed by atoms with van der Waals surface area (Å²) in [5, 5.41) is 14.0. The molecule has 0 spiro atoms. The molecule has 0 heterocycles. The molecule has 5 heteroatoms. The molecule has 0 saturated heterocycles. The Morgan fingerprint density at radius 3 is 3.06 bits per heavy atom. The molecule has 1 N–H and O–H groups in total. The predicted octanol–water partition coefficient (Wildman–Crippen LogP) is 2.61. The molecule has 1 aromatic carbocycles. The van der Waals surface area contributed by atoms with Crippen LogP contribution in [0.2, 0.25) is 0 Å². The summed E-state index contributed by atoms with van der Waals surface area (Å²) in [6.45, 7) is 2.82. The van der Waals surface area contributed by atoms with Crippen LogP contribution in [-0.4, -0.2) is 23.0 Å². The number of benzene rings is 1. The molecule has 0 radical (unpaired) electrons. The van der Waals surface area contributed by atoms with E-state index in [-0.39, 0.29) is 16.7 Å². The average Bonchev–Trinajstić information content (AvgIpc) is 2.38. The summed E-state index contributed by atoms with van der Waals surface area (Å²) in [6, 6.07) is 6.79. The van der Waals surface area contributed by atoms with Gasteiger partial charge in [-0.25, -0.2) is 0 Å². The van der Waals surface area contributed by atoms with E-state index >= 15 is 0 Å². The fraction of sp³-hybridized carbons (Fsp3) is 0.385. The van der Waals surface area contributed by atoms with E-state index in [9.17, 15) is 10.1 Å². The number of nitro groups is 1. The second-order valence-electron chi connectivity index (χ2n) is 3.78. The number of hydrogen-bond donors (Lipinski definition) is 1. The first kappa shape index (κ1) is 14.6. The SMILES string of the molecule is C#CCSCCNC(C)c1cccc([N+](=O)[O-])c1. The van der Waals surface area contributed by atoms with Crippen molar-refractivity contribution >= 4 is 17.4 Å². The van der Waals surface area contributed by atoms with Crippen LogP contribution in [0.15, 0.2) is 24.3 Å². The van der Waals surface area contributed by atoms with E-state index in [1.54, 1.807) is 23.9 Å². The van der Waals surface area contributed by atoms with Crippen molar-refractivity contribution < 1.29 is 4.92 Å². The topological polar surface area (TPSA) is 55.2 Å². The average molecular weight is 264 g/mol. The second kappa shape index (κ2) is 7.75. The standard InChI is InChI=1S/C13H16N2O2S/c1-3-8-18-9-7-14-11(2)12-5-4-6-13(10-12)15(16)17/h1,4-6,10-11,14H,7-9H2,2H3. The Bertz CT molecular complexity index is 443. The molecule has 1 rings (SSSR count). The Labute approximate surface area is 111 Å². The van der Waals surface area contributed by atoms with Gasteiger partial charge in [0, 0.05) is 30.5 Å². The van der Waals surface area contributed by atoms with Crippen LogP contribution in [0.3, 0.4) is 0 Å². The van der Waals surface area contributed by atoms with Crippen LogP contribution in [0, 0.1) is 22.5 Å². The van der Waals surface area contributed by atoms with Gasteiger partial charge in [0.2, 0.25) is 0 Å². The smallest absolute Gasteiger partial charge is 0.269 e. The van der Waals surface area contributed by atoms with Gasteiger partial charge in [-0.05, 0) is 12.5 Å². The molecule has 0 aliphatic rings. The minimum absolute atomic E-state index is 0.0938. The highest BCUT2D eigenvalue weighted by molar-refractivity contribution is 7.99. The van der Waals surface area contributed by atoms with E-state index in [0.29, 0.717) is 5.75 Å². The quantitative estimate of drug-likeness (QED) is 0.356. The number of nitrogens with one attached hydrogen (secondary N) is 1. The number of nitro benzene ring substituents is 1. The van der Waals surface area contributed by atoms with Crippen molar-refractivity contribution in [1.82, 2.24) is 5.32 Å². The van der Waals surface area contributed by atoms with Gasteiger partial charge in [-0.3, -0.25) is 10.1 Å². The molecular weight excluding hydrogens is 248 g/mol. The molecular formula is C13H16N2O2S. The Morgan fingerprint density at radius 1 is 1.61 bits per heavy atom. The Balaban J connectivity index is 2.46. The zero-order valence-corrected chi connectivity index (χ0v) is 11.1. The van der Waals surface area contributed by atoms with E-state index in [0.717, 1.165) is 17.9 Å². The summed E-state index contributed by atoms with van der Waals surface area (Å²) in [4.78, 5) is 10.3. The van der Waals surface area contributed by atoms with Crippen LogP contribution in [-0.2, 0) is 0 Å². The van der Waals surface area contributed by atoms with Crippen molar-refractivity contribution in [3.8, 4) is 12.3 Å². The highest BCUT2D eigenvalue weighted by atomic mass is 32.2. The molecule has 0 aliphatic heterocycles. The van der Waals surface area contributed by atoms with Crippen LogP contribution >= 0.6 is 11.8 Å². The van der Waals surface area contributed by atoms with E-state index in [1.807, 2.05) is 13.0 Å². The molecule has 0 aliphatic carbocycles. The lowest BCUT2D eigenvalue weighted by molar-refractivity contribution is -0.384. The number of terminal acetylenes is 1. The van der Waals surface area contributed by atoms with Gasteiger partial charge in [0.1, 0.15) is 0 Å². The molecule has 0 saturated carbocycles. The maximum Gasteiger partial charge on any atom is 0.269 e. The summed E-state index contributed by atoms with van der Waals surface area (Å²) in [7, 11) is 0. The van der Waals surface area contributed by atoms with E-state index in [2.05, 4.69) is 11.2 Å². The van der Waals surface area contributed by atoms with Crippen LogP contribution in [0.5, 0.6) is 0 Å². The summed E-state index contributed by atoms with van der Waals surface area (Å²) >= 11 is 1.69. The number of hydrogen-bond acceptors (Lipinski definition) is 4. The Kier molecular flexibility index (Phi) is 6.26. The molecule has 0 bridgehead atoms. The molecule has 96 valence electrons.